The highest BCUT2D eigenvalue weighted by atomic mass is 15.1. The minimum absolute atomic E-state index is 0.601. The maximum Gasteiger partial charge on any atom is 0.229 e. The zero-order chi connectivity index (χ0) is 14.4. The molecule has 106 valence electrons. The molecule has 0 aliphatic heterocycles. The van der Waals surface area contributed by atoms with Gasteiger partial charge in [-0.3, -0.25) is 0 Å². The van der Waals surface area contributed by atoms with Crippen LogP contribution in [0.15, 0.2) is 36.5 Å². The highest BCUT2D eigenvalue weighted by molar-refractivity contribution is 5.54. The van der Waals surface area contributed by atoms with Gasteiger partial charge >= 0.3 is 0 Å². The van der Waals surface area contributed by atoms with Crippen LogP contribution < -0.4 is 10.6 Å². The Morgan fingerprint density at radius 1 is 1.10 bits per heavy atom. The lowest BCUT2D eigenvalue weighted by Crippen LogP contribution is -2.21. The third kappa shape index (κ3) is 4.51. The number of likely N-dealkylation sites (N-methyl/N-ethyl adjacent to an activating group) is 1. The molecule has 2 rings (SSSR count). The van der Waals surface area contributed by atoms with Crippen molar-refractivity contribution in [3.8, 4) is 0 Å². The molecule has 0 spiro atoms. The van der Waals surface area contributed by atoms with Gasteiger partial charge in [-0.05, 0) is 39.2 Å². The van der Waals surface area contributed by atoms with E-state index in [0.717, 1.165) is 24.6 Å². The van der Waals surface area contributed by atoms with E-state index in [1.807, 2.05) is 32.3 Å². The van der Waals surface area contributed by atoms with Crippen molar-refractivity contribution in [2.24, 2.45) is 0 Å². The molecule has 0 saturated carbocycles. The summed E-state index contributed by atoms with van der Waals surface area (Å²) in [6.07, 6.45) is 1.75. The van der Waals surface area contributed by atoms with E-state index in [1.54, 1.807) is 6.20 Å². The molecular weight excluding hydrogens is 250 g/mol. The molecule has 5 nitrogen and oxygen atoms in total. The molecule has 0 bridgehead atoms. The molecule has 0 atom stereocenters. The average Bonchev–Trinajstić information content (AvgIpc) is 2.41. The number of nitrogens with zero attached hydrogens (tertiary/aromatic N) is 3. The van der Waals surface area contributed by atoms with Crippen LogP contribution in [0.2, 0.25) is 0 Å². The van der Waals surface area contributed by atoms with E-state index in [1.165, 1.54) is 5.56 Å². The molecule has 0 aliphatic rings. The number of rotatable bonds is 6. The van der Waals surface area contributed by atoms with Gasteiger partial charge in [0.25, 0.3) is 0 Å². The molecule has 0 unspecified atom stereocenters. The Bertz CT molecular complexity index is 536. The molecular formula is C15H21N5. The average molecular weight is 271 g/mol. The van der Waals surface area contributed by atoms with E-state index in [4.69, 9.17) is 0 Å². The SMILES string of the molecule is Cc1ccc(Nc2nccc(NCCN(C)C)n2)cc1. The summed E-state index contributed by atoms with van der Waals surface area (Å²) in [6, 6.07) is 10.0. The van der Waals surface area contributed by atoms with Gasteiger partial charge in [0.2, 0.25) is 5.95 Å². The molecule has 1 heterocycles. The first-order chi connectivity index (χ1) is 9.63. The number of nitrogens with one attached hydrogen (secondary N) is 2. The highest BCUT2D eigenvalue weighted by Crippen LogP contribution is 2.14. The fraction of sp³-hybridized carbons (Fsp3) is 0.333. The molecule has 0 fully saturated rings. The van der Waals surface area contributed by atoms with Gasteiger partial charge in [0.1, 0.15) is 5.82 Å². The fourth-order valence-electron chi connectivity index (χ4n) is 1.69. The lowest BCUT2D eigenvalue weighted by atomic mass is 10.2. The maximum absolute atomic E-state index is 4.44. The van der Waals surface area contributed by atoms with E-state index in [0.29, 0.717) is 5.95 Å². The quantitative estimate of drug-likeness (QED) is 0.845. The molecule has 1 aromatic heterocycles. The van der Waals surface area contributed by atoms with Crippen LogP contribution >= 0.6 is 0 Å². The second-order valence-electron chi connectivity index (χ2n) is 4.99. The zero-order valence-electron chi connectivity index (χ0n) is 12.2. The van der Waals surface area contributed by atoms with Crippen molar-refractivity contribution in [3.05, 3.63) is 42.1 Å². The predicted molar refractivity (Wildman–Crippen MR) is 83.5 cm³/mol. The Hall–Kier alpha value is -2.14. The largest absolute Gasteiger partial charge is 0.369 e. The molecule has 0 radical (unpaired) electrons. The third-order valence-electron chi connectivity index (χ3n) is 2.83. The summed E-state index contributed by atoms with van der Waals surface area (Å²) < 4.78 is 0. The van der Waals surface area contributed by atoms with Gasteiger partial charge in [0.15, 0.2) is 0 Å². The van der Waals surface area contributed by atoms with Crippen LogP contribution in [-0.4, -0.2) is 42.1 Å². The molecule has 2 aromatic rings. The van der Waals surface area contributed by atoms with Gasteiger partial charge < -0.3 is 15.5 Å². The van der Waals surface area contributed by atoms with Crippen molar-refractivity contribution in [1.29, 1.82) is 0 Å². The van der Waals surface area contributed by atoms with Crippen molar-refractivity contribution in [3.63, 3.8) is 0 Å². The summed E-state index contributed by atoms with van der Waals surface area (Å²) >= 11 is 0. The summed E-state index contributed by atoms with van der Waals surface area (Å²) in [7, 11) is 4.10. The Morgan fingerprint density at radius 3 is 2.55 bits per heavy atom. The molecule has 2 N–H and O–H groups in total. The number of aromatic nitrogens is 2. The first kappa shape index (κ1) is 14.3. The highest BCUT2D eigenvalue weighted by Gasteiger charge is 2.00. The fourth-order valence-corrected chi connectivity index (χ4v) is 1.69. The van der Waals surface area contributed by atoms with Crippen LogP contribution in [0.3, 0.4) is 0 Å². The Labute approximate surface area is 120 Å². The van der Waals surface area contributed by atoms with Crippen LogP contribution in [0.25, 0.3) is 0 Å². The van der Waals surface area contributed by atoms with Crippen molar-refractivity contribution in [2.45, 2.75) is 6.92 Å². The van der Waals surface area contributed by atoms with Crippen LogP contribution in [-0.2, 0) is 0 Å². The minimum atomic E-state index is 0.601. The number of anilines is 3. The normalized spacial score (nSPS) is 10.6. The first-order valence-corrected chi connectivity index (χ1v) is 6.69. The smallest absolute Gasteiger partial charge is 0.229 e. The van der Waals surface area contributed by atoms with Crippen LogP contribution in [0.1, 0.15) is 5.56 Å². The summed E-state index contributed by atoms with van der Waals surface area (Å²) in [5.74, 6) is 1.43. The Kier molecular flexibility index (Phi) is 4.90. The predicted octanol–water partition coefficient (Wildman–Crippen LogP) is 2.50. The van der Waals surface area contributed by atoms with E-state index in [2.05, 4.69) is 44.6 Å². The van der Waals surface area contributed by atoms with Gasteiger partial charge in [-0.2, -0.15) is 4.98 Å². The van der Waals surface area contributed by atoms with Gasteiger partial charge in [-0.1, -0.05) is 17.7 Å². The van der Waals surface area contributed by atoms with Crippen molar-refractivity contribution in [1.82, 2.24) is 14.9 Å². The van der Waals surface area contributed by atoms with Crippen LogP contribution in [0.5, 0.6) is 0 Å². The number of aryl methyl sites for hydroxylation is 1. The van der Waals surface area contributed by atoms with Gasteiger partial charge in [0.05, 0.1) is 0 Å². The summed E-state index contributed by atoms with van der Waals surface area (Å²) in [5.41, 5.74) is 2.22. The van der Waals surface area contributed by atoms with Gasteiger partial charge in [0, 0.05) is 25.0 Å². The van der Waals surface area contributed by atoms with E-state index in [9.17, 15) is 0 Å². The Balaban J connectivity index is 1.96. The summed E-state index contributed by atoms with van der Waals surface area (Å²) in [4.78, 5) is 10.8. The first-order valence-electron chi connectivity index (χ1n) is 6.69. The van der Waals surface area contributed by atoms with E-state index in [-0.39, 0.29) is 0 Å². The number of hydrogen-bond acceptors (Lipinski definition) is 5. The standard InChI is InChI=1S/C15H21N5/c1-12-4-6-13(7-5-12)18-15-17-9-8-14(19-15)16-10-11-20(2)3/h4-9H,10-11H2,1-3H3,(H2,16,17,18,19). The number of hydrogen-bond donors (Lipinski definition) is 2. The van der Waals surface area contributed by atoms with Crippen LogP contribution in [0, 0.1) is 6.92 Å². The summed E-state index contributed by atoms with van der Waals surface area (Å²) in [5, 5.41) is 6.48. The second-order valence-corrected chi connectivity index (χ2v) is 4.99. The lowest BCUT2D eigenvalue weighted by Gasteiger charge is -2.11. The molecule has 0 aliphatic carbocycles. The maximum atomic E-state index is 4.44. The van der Waals surface area contributed by atoms with Crippen molar-refractivity contribution < 1.29 is 0 Å². The third-order valence-corrected chi connectivity index (χ3v) is 2.83. The lowest BCUT2D eigenvalue weighted by molar-refractivity contribution is 0.425. The van der Waals surface area contributed by atoms with Gasteiger partial charge in [-0.15, -0.1) is 0 Å². The molecule has 0 amide bonds. The molecule has 0 saturated heterocycles. The summed E-state index contributed by atoms with van der Waals surface area (Å²) in [6.45, 7) is 3.88. The van der Waals surface area contributed by atoms with Crippen LogP contribution in [0.4, 0.5) is 17.5 Å². The Morgan fingerprint density at radius 2 is 1.85 bits per heavy atom. The topological polar surface area (TPSA) is 53.1 Å². The monoisotopic (exact) mass is 271 g/mol. The van der Waals surface area contributed by atoms with Crippen molar-refractivity contribution in [2.75, 3.05) is 37.8 Å². The molecule has 1 aromatic carbocycles. The van der Waals surface area contributed by atoms with E-state index >= 15 is 0 Å². The van der Waals surface area contributed by atoms with Gasteiger partial charge in [-0.25, -0.2) is 4.98 Å². The van der Waals surface area contributed by atoms with E-state index < -0.39 is 0 Å². The molecule has 20 heavy (non-hydrogen) atoms. The molecule has 5 heteroatoms. The zero-order valence-corrected chi connectivity index (χ0v) is 12.2. The van der Waals surface area contributed by atoms with Crippen molar-refractivity contribution >= 4 is 17.5 Å². The second kappa shape index (κ2) is 6.86. The number of benzene rings is 1. The minimum Gasteiger partial charge on any atom is -0.369 e.